The smallest absolute Gasteiger partial charge is 0.270 e. The molecule has 34 heavy (non-hydrogen) atoms. The van der Waals surface area contributed by atoms with E-state index in [0.29, 0.717) is 20.7 Å². The van der Waals surface area contributed by atoms with E-state index in [0.717, 1.165) is 22.1 Å². The molecule has 0 unspecified atom stereocenters. The highest BCUT2D eigenvalue weighted by atomic mass is 79.9. The summed E-state index contributed by atoms with van der Waals surface area (Å²) in [6.45, 7) is 1.96. The van der Waals surface area contributed by atoms with Crippen LogP contribution in [-0.2, 0) is 16.0 Å². The molecule has 1 aliphatic rings. The van der Waals surface area contributed by atoms with E-state index >= 15 is 0 Å². The molecule has 0 atom stereocenters. The lowest BCUT2D eigenvalue weighted by atomic mass is 10.1. The summed E-state index contributed by atoms with van der Waals surface area (Å²) in [5, 5.41) is 2.79. The van der Waals surface area contributed by atoms with E-state index in [2.05, 4.69) is 28.2 Å². The minimum Gasteiger partial charge on any atom is -0.484 e. The van der Waals surface area contributed by atoms with Crippen LogP contribution in [0.3, 0.4) is 0 Å². The summed E-state index contributed by atoms with van der Waals surface area (Å²) in [7, 11) is 0. The molecule has 3 aromatic rings. The molecule has 5 nitrogen and oxygen atoms in total. The van der Waals surface area contributed by atoms with E-state index in [1.54, 1.807) is 35.2 Å². The summed E-state index contributed by atoms with van der Waals surface area (Å²) in [6.07, 6.45) is 2.72. The van der Waals surface area contributed by atoms with Gasteiger partial charge in [0.05, 0.1) is 10.6 Å². The van der Waals surface area contributed by atoms with Gasteiger partial charge in [0.15, 0.2) is 10.9 Å². The molecule has 1 fully saturated rings. The fourth-order valence-electron chi connectivity index (χ4n) is 3.30. The summed E-state index contributed by atoms with van der Waals surface area (Å²) in [5.74, 6) is 0.118. The van der Waals surface area contributed by atoms with Crippen LogP contribution in [0, 0.1) is 0 Å². The van der Waals surface area contributed by atoms with Crippen molar-refractivity contribution in [1.29, 1.82) is 0 Å². The standard InChI is InChI=1S/C26H21BrN2O3S2/c1-2-17-6-12-21(13-7-17)29-25(31)23(34-26(29)33)15-18-4-3-5-22(14-18)32-16-24(30)28-20-10-8-19(27)9-11-20/h3-15H,2,16H2,1H3,(H,28,30)/b23-15-. The third kappa shape index (κ3) is 5.94. The molecule has 0 radical (unpaired) electrons. The number of amides is 2. The van der Waals surface area contributed by atoms with Crippen molar-refractivity contribution in [3.05, 3.63) is 93.3 Å². The van der Waals surface area contributed by atoms with Crippen LogP contribution in [0.25, 0.3) is 6.08 Å². The fourth-order valence-corrected chi connectivity index (χ4v) is 4.86. The number of hydrogen-bond acceptors (Lipinski definition) is 5. The summed E-state index contributed by atoms with van der Waals surface area (Å²) >= 11 is 10.1. The van der Waals surface area contributed by atoms with Crippen molar-refractivity contribution >= 4 is 73.5 Å². The molecule has 0 bridgehead atoms. The van der Waals surface area contributed by atoms with Crippen molar-refractivity contribution in [1.82, 2.24) is 0 Å². The predicted molar refractivity (Wildman–Crippen MR) is 146 cm³/mol. The van der Waals surface area contributed by atoms with Gasteiger partial charge < -0.3 is 10.1 Å². The number of anilines is 2. The number of nitrogens with one attached hydrogen (secondary N) is 1. The molecule has 0 aliphatic carbocycles. The largest absolute Gasteiger partial charge is 0.484 e. The average Bonchev–Trinajstić information content (AvgIpc) is 3.12. The Labute approximate surface area is 216 Å². The van der Waals surface area contributed by atoms with Crippen molar-refractivity contribution < 1.29 is 14.3 Å². The van der Waals surface area contributed by atoms with Crippen LogP contribution in [0.5, 0.6) is 5.75 Å². The lowest BCUT2D eigenvalue weighted by Crippen LogP contribution is -2.27. The number of thioether (sulfide) groups is 1. The number of carbonyl (C=O) groups excluding carboxylic acids is 2. The molecule has 1 N–H and O–H groups in total. The summed E-state index contributed by atoms with van der Waals surface area (Å²) < 4.78 is 7.08. The maximum Gasteiger partial charge on any atom is 0.270 e. The quantitative estimate of drug-likeness (QED) is 0.270. The molecule has 3 aromatic carbocycles. The van der Waals surface area contributed by atoms with Crippen molar-refractivity contribution in [2.75, 3.05) is 16.8 Å². The Hall–Kier alpha value is -2.94. The van der Waals surface area contributed by atoms with Gasteiger partial charge >= 0.3 is 0 Å². The number of rotatable bonds is 7. The van der Waals surface area contributed by atoms with Crippen LogP contribution < -0.4 is 15.0 Å². The first-order valence-corrected chi connectivity index (χ1v) is 12.6. The number of carbonyl (C=O) groups is 2. The lowest BCUT2D eigenvalue weighted by molar-refractivity contribution is -0.118. The van der Waals surface area contributed by atoms with Crippen LogP contribution in [-0.4, -0.2) is 22.7 Å². The number of ether oxygens (including phenoxy) is 1. The van der Waals surface area contributed by atoms with Gasteiger partial charge in [-0.15, -0.1) is 0 Å². The third-order valence-corrected chi connectivity index (χ3v) is 6.88. The SMILES string of the molecule is CCc1ccc(N2C(=O)/C(=C/c3cccc(OCC(=O)Nc4ccc(Br)cc4)c3)SC2=S)cc1. The van der Waals surface area contributed by atoms with Gasteiger partial charge in [-0.1, -0.05) is 71.1 Å². The van der Waals surface area contributed by atoms with Crippen molar-refractivity contribution in [2.24, 2.45) is 0 Å². The Morgan fingerprint density at radius 1 is 1.12 bits per heavy atom. The van der Waals surface area contributed by atoms with Gasteiger partial charge in [-0.3, -0.25) is 14.5 Å². The van der Waals surface area contributed by atoms with Gasteiger partial charge in [-0.2, -0.15) is 0 Å². The van der Waals surface area contributed by atoms with Crippen molar-refractivity contribution in [3.63, 3.8) is 0 Å². The Bertz CT molecular complexity index is 1260. The molecule has 1 heterocycles. The van der Waals surface area contributed by atoms with Crippen LogP contribution in [0.2, 0.25) is 0 Å². The first kappa shape index (κ1) is 24.2. The second-order valence-electron chi connectivity index (χ2n) is 7.45. The second kappa shape index (κ2) is 11.0. The fraction of sp³-hybridized carbons (Fsp3) is 0.115. The number of hydrogen-bond donors (Lipinski definition) is 1. The third-order valence-electron chi connectivity index (χ3n) is 5.05. The zero-order chi connectivity index (χ0) is 24.1. The lowest BCUT2D eigenvalue weighted by Gasteiger charge is -2.14. The molecule has 1 saturated heterocycles. The zero-order valence-electron chi connectivity index (χ0n) is 18.3. The van der Waals surface area contributed by atoms with E-state index in [4.69, 9.17) is 17.0 Å². The highest BCUT2D eigenvalue weighted by Crippen LogP contribution is 2.36. The molecular formula is C26H21BrN2O3S2. The van der Waals surface area contributed by atoms with Gasteiger partial charge in [0, 0.05) is 10.2 Å². The van der Waals surface area contributed by atoms with Gasteiger partial charge in [0.25, 0.3) is 11.8 Å². The van der Waals surface area contributed by atoms with Crippen LogP contribution in [0.15, 0.2) is 82.2 Å². The van der Waals surface area contributed by atoms with Crippen LogP contribution >= 0.6 is 39.9 Å². The summed E-state index contributed by atoms with van der Waals surface area (Å²) in [4.78, 5) is 27.3. The van der Waals surface area contributed by atoms with Crippen LogP contribution in [0.4, 0.5) is 11.4 Å². The van der Waals surface area contributed by atoms with Crippen LogP contribution in [0.1, 0.15) is 18.1 Å². The van der Waals surface area contributed by atoms with E-state index in [1.807, 2.05) is 48.5 Å². The molecule has 2 amide bonds. The first-order chi connectivity index (χ1) is 16.4. The molecule has 8 heteroatoms. The first-order valence-electron chi connectivity index (χ1n) is 10.6. The molecule has 0 saturated carbocycles. The van der Waals surface area contributed by atoms with E-state index in [1.165, 1.54) is 17.3 Å². The molecule has 0 spiro atoms. The highest BCUT2D eigenvalue weighted by Gasteiger charge is 2.33. The minimum absolute atomic E-state index is 0.130. The molecule has 172 valence electrons. The second-order valence-corrected chi connectivity index (χ2v) is 10.0. The van der Waals surface area contributed by atoms with Gasteiger partial charge in [-0.25, -0.2) is 0 Å². The molecule has 0 aromatic heterocycles. The predicted octanol–water partition coefficient (Wildman–Crippen LogP) is 6.43. The highest BCUT2D eigenvalue weighted by molar-refractivity contribution is 9.10. The van der Waals surface area contributed by atoms with Crippen molar-refractivity contribution in [2.45, 2.75) is 13.3 Å². The summed E-state index contributed by atoms with van der Waals surface area (Å²) in [5.41, 5.74) is 3.44. The Morgan fingerprint density at radius 2 is 1.85 bits per heavy atom. The summed E-state index contributed by atoms with van der Waals surface area (Å²) in [6, 6.07) is 22.4. The Kier molecular flexibility index (Phi) is 7.82. The maximum absolute atomic E-state index is 13.0. The van der Waals surface area contributed by atoms with Crippen molar-refractivity contribution in [3.8, 4) is 5.75 Å². The number of nitrogens with zero attached hydrogens (tertiary/aromatic N) is 1. The topological polar surface area (TPSA) is 58.6 Å². The molecule has 1 aliphatic heterocycles. The van der Waals surface area contributed by atoms with E-state index < -0.39 is 0 Å². The number of benzene rings is 3. The molecular weight excluding hydrogens is 532 g/mol. The Morgan fingerprint density at radius 3 is 2.56 bits per heavy atom. The average molecular weight is 554 g/mol. The van der Waals surface area contributed by atoms with E-state index in [-0.39, 0.29) is 18.4 Å². The number of thiocarbonyl (C=S) groups is 1. The maximum atomic E-state index is 13.0. The monoisotopic (exact) mass is 552 g/mol. The number of aryl methyl sites for hydroxylation is 1. The Balaban J connectivity index is 1.41. The molecule has 4 rings (SSSR count). The van der Waals surface area contributed by atoms with Gasteiger partial charge in [0.1, 0.15) is 5.75 Å². The van der Waals surface area contributed by atoms with Gasteiger partial charge in [-0.05, 0) is 72.2 Å². The number of halogens is 1. The van der Waals surface area contributed by atoms with Gasteiger partial charge in [0.2, 0.25) is 0 Å². The normalized spacial score (nSPS) is 14.5. The zero-order valence-corrected chi connectivity index (χ0v) is 21.5. The minimum atomic E-state index is -0.261. The van der Waals surface area contributed by atoms with E-state index in [9.17, 15) is 9.59 Å².